The van der Waals surface area contributed by atoms with Crippen LogP contribution in [0, 0.1) is 0 Å². The van der Waals surface area contributed by atoms with Crippen LogP contribution in [0.15, 0.2) is 36.8 Å². The van der Waals surface area contributed by atoms with E-state index in [4.69, 9.17) is 4.74 Å². The second-order valence-electron chi connectivity index (χ2n) is 5.62. The molecule has 2 heterocycles. The number of nitrogens with one attached hydrogen (secondary N) is 2. The van der Waals surface area contributed by atoms with E-state index in [0.717, 1.165) is 11.3 Å². The molecule has 2 atom stereocenters. The fourth-order valence-electron chi connectivity index (χ4n) is 2.84. The van der Waals surface area contributed by atoms with Gasteiger partial charge in [0.05, 0.1) is 31.8 Å². The minimum absolute atomic E-state index is 0.259. The summed E-state index contributed by atoms with van der Waals surface area (Å²) in [6.45, 7) is 1.75. The Morgan fingerprint density at radius 1 is 1.48 bits per heavy atom. The number of aliphatic hydroxyl groups is 1. The lowest BCUT2D eigenvalue weighted by Crippen LogP contribution is -2.42. The van der Waals surface area contributed by atoms with Gasteiger partial charge in [-0.3, -0.25) is 9.69 Å². The van der Waals surface area contributed by atoms with Gasteiger partial charge in [0.15, 0.2) is 0 Å². The second kappa shape index (κ2) is 6.80. The molecule has 1 amide bonds. The van der Waals surface area contributed by atoms with E-state index in [1.165, 1.54) is 12.5 Å². The van der Waals surface area contributed by atoms with E-state index in [0.29, 0.717) is 25.3 Å². The maximum Gasteiger partial charge on any atom is 0.269 e. The van der Waals surface area contributed by atoms with Gasteiger partial charge in [-0.2, -0.15) is 0 Å². The molecule has 122 valence electrons. The quantitative estimate of drug-likeness (QED) is 0.742. The summed E-state index contributed by atoms with van der Waals surface area (Å²) < 4.78 is 5.35. The largest absolute Gasteiger partial charge is 0.496 e. The van der Waals surface area contributed by atoms with Gasteiger partial charge in [-0.05, 0) is 6.07 Å². The molecular weight excluding hydrogens is 296 g/mol. The Labute approximate surface area is 134 Å². The normalized spacial score (nSPS) is 21.3. The van der Waals surface area contributed by atoms with Crippen LogP contribution in [0.25, 0.3) is 0 Å². The second-order valence-corrected chi connectivity index (χ2v) is 5.62. The number of aromatic nitrogens is 2. The molecule has 1 fully saturated rings. The number of likely N-dealkylation sites (tertiary alicyclic amines) is 1. The number of carbonyl (C=O) groups excluding carboxylic acids is 1. The number of carbonyl (C=O) groups is 1. The van der Waals surface area contributed by atoms with Crippen LogP contribution >= 0.6 is 0 Å². The van der Waals surface area contributed by atoms with Gasteiger partial charge in [-0.1, -0.05) is 18.2 Å². The van der Waals surface area contributed by atoms with Crippen molar-refractivity contribution < 1.29 is 14.6 Å². The Hall–Kier alpha value is -2.38. The lowest BCUT2D eigenvalue weighted by atomic mass is 10.2. The lowest BCUT2D eigenvalue weighted by Gasteiger charge is -2.17. The van der Waals surface area contributed by atoms with Crippen LogP contribution < -0.4 is 10.1 Å². The van der Waals surface area contributed by atoms with Crippen molar-refractivity contribution >= 4 is 5.91 Å². The molecule has 1 aromatic carbocycles. The van der Waals surface area contributed by atoms with E-state index < -0.39 is 6.10 Å². The highest BCUT2D eigenvalue weighted by Gasteiger charge is 2.33. The van der Waals surface area contributed by atoms with Gasteiger partial charge in [-0.15, -0.1) is 0 Å². The number of amides is 1. The molecule has 3 N–H and O–H groups in total. The first-order chi connectivity index (χ1) is 11.2. The number of H-pyrrole nitrogens is 1. The third-order valence-electron chi connectivity index (χ3n) is 4.01. The average Bonchev–Trinajstić information content (AvgIpc) is 3.19. The lowest BCUT2D eigenvalue weighted by molar-refractivity contribution is 0.0884. The summed E-state index contributed by atoms with van der Waals surface area (Å²) in [7, 11) is 1.64. The number of β-amino-alcohol motifs (C(OH)–C–C–N with tert-alkyl or cyclic N) is 1. The summed E-state index contributed by atoms with van der Waals surface area (Å²) in [5, 5.41) is 13.0. The molecule has 1 saturated heterocycles. The number of hydrogen-bond donors (Lipinski definition) is 3. The molecule has 0 aliphatic carbocycles. The minimum Gasteiger partial charge on any atom is -0.496 e. The summed E-state index contributed by atoms with van der Waals surface area (Å²) in [5.41, 5.74) is 1.45. The van der Waals surface area contributed by atoms with E-state index in [2.05, 4.69) is 20.2 Å². The van der Waals surface area contributed by atoms with Gasteiger partial charge < -0.3 is 20.1 Å². The number of aliphatic hydroxyl groups excluding tert-OH is 1. The summed E-state index contributed by atoms with van der Waals surface area (Å²) in [6, 6.07) is 7.50. The van der Waals surface area contributed by atoms with E-state index in [1.54, 1.807) is 7.11 Å². The summed E-state index contributed by atoms with van der Waals surface area (Å²) in [5.74, 6) is 0.567. The van der Waals surface area contributed by atoms with Crippen molar-refractivity contribution in [3.63, 3.8) is 0 Å². The molecule has 0 radical (unpaired) electrons. The highest BCUT2D eigenvalue weighted by molar-refractivity contribution is 5.92. The smallest absolute Gasteiger partial charge is 0.269 e. The first kappa shape index (κ1) is 15.5. The van der Waals surface area contributed by atoms with Gasteiger partial charge in [0.2, 0.25) is 0 Å². The van der Waals surface area contributed by atoms with Crippen molar-refractivity contribution in [2.75, 3.05) is 20.2 Å². The zero-order valence-corrected chi connectivity index (χ0v) is 12.9. The topological polar surface area (TPSA) is 90.5 Å². The SMILES string of the molecule is COc1ccccc1CN1C[C@@H](O)[C@H](NC(=O)c2cnc[nH]2)C1. The van der Waals surface area contributed by atoms with Gasteiger partial charge in [0, 0.05) is 25.2 Å². The number of hydrogen-bond acceptors (Lipinski definition) is 5. The van der Waals surface area contributed by atoms with E-state index >= 15 is 0 Å². The number of rotatable bonds is 5. The molecule has 7 nitrogen and oxygen atoms in total. The minimum atomic E-state index is -0.600. The van der Waals surface area contributed by atoms with Gasteiger partial charge >= 0.3 is 0 Å². The Balaban J connectivity index is 1.61. The fraction of sp³-hybridized carbons (Fsp3) is 0.375. The Kier molecular flexibility index (Phi) is 4.59. The highest BCUT2D eigenvalue weighted by atomic mass is 16.5. The summed E-state index contributed by atoms with van der Waals surface area (Å²) in [4.78, 5) is 20.7. The average molecular weight is 316 g/mol. The van der Waals surface area contributed by atoms with Crippen molar-refractivity contribution in [1.82, 2.24) is 20.2 Å². The maximum absolute atomic E-state index is 12.0. The third-order valence-corrected chi connectivity index (χ3v) is 4.01. The van der Waals surface area contributed by atoms with E-state index in [9.17, 15) is 9.90 Å². The first-order valence-corrected chi connectivity index (χ1v) is 7.49. The Morgan fingerprint density at radius 3 is 3.04 bits per heavy atom. The van der Waals surface area contributed by atoms with Crippen LogP contribution in [0.3, 0.4) is 0 Å². The fourth-order valence-corrected chi connectivity index (χ4v) is 2.84. The number of para-hydroxylation sites is 1. The highest BCUT2D eigenvalue weighted by Crippen LogP contribution is 2.21. The number of benzene rings is 1. The van der Waals surface area contributed by atoms with E-state index in [1.807, 2.05) is 24.3 Å². The van der Waals surface area contributed by atoms with Gasteiger partial charge in [0.1, 0.15) is 11.4 Å². The third kappa shape index (κ3) is 3.52. The van der Waals surface area contributed by atoms with Crippen molar-refractivity contribution in [2.45, 2.75) is 18.7 Å². The standard InChI is InChI=1S/C16H20N4O3/c1-23-15-5-3-2-4-11(15)7-20-8-13(14(21)9-20)19-16(22)12-6-17-10-18-12/h2-6,10,13-14,21H,7-9H2,1H3,(H,17,18)(H,19,22)/t13-,14-/m1/s1. The first-order valence-electron chi connectivity index (χ1n) is 7.49. The molecule has 1 aliphatic heterocycles. The van der Waals surface area contributed by atoms with Gasteiger partial charge in [0.25, 0.3) is 5.91 Å². The molecule has 0 bridgehead atoms. The Bertz CT molecular complexity index is 659. The maximum atomic E-state index is 12.0. The monoisotopic (exact) mass is 316 g/mol. The van der Waals surface area contributed by atoms with Crippen LogP contribution in [0.5, 0.6) is 5.75 Å². The molecular formula is C16H20N4O3. The predicted molar refractivity (Wildman–Crippen MR) is 84.1 cm³/mol. The Morgan fingerprint density at radius 2 is 2.30 bits per heavy atom. The molecule has 23 heavy (non-hydrogen) atoms. The zero-order chi connectivity index (χ0) is 16.2. The van der Waals surface area contributed by atoms with Crippen molar-refractivity contribution in [1.29, 1.82) is 0 Å². The zero-order valence-electron chi connectivity index (χ0n) is 12.9. The molecule has 7 heteroatoms. The van der Waals surface area contributed by atoms with Crippen molar-refractivity contribution in [3.05, 3.63) is 48.0 Å². The molecule has 0 spiro atoms. The van der Waals surface area contributed by atoms with Crippen LogP contribution in [-0.4, -0.2) is 58.2 Å². The number of imidazole rings is 1. The molecule has 0 saturated carbocycles. The number of nitrogens with zero attached hydrogens (tertiary/aromatic N) is 2. The van der Waals surface area contributed by atoms with Crippen LogP contribution in [0.2, 0.25) is 0 Å². The molecule has 2 aromatic rings. The molecule has 0 unspecified atom stereocenters. The summed E-state index contributed by atoms with van der Waals surface area (Å²) >= 11 is 0. The predicted octanol–water partition coefficient (Wildman–Crippen LogP) is 0.393. The van der Waals surface area contributed by atoms with Crippen molar-refractivity contribution in [3.8, 4) is 5.75 Å². The number of ether oxygens (including phenoxy) is 1. The molecule has 1 aliphatic rings. The van der Waals surface area contributed by atoms with Crippen molar-refractivity contribution in [2.24, 2.45) is 0 Å². The van der Waals surface area contributed by atoms with Crippen LogP contribution in [-0.2, 0) is 6.54 Å². The number of aromatic amines is 1. The number of methoxy groups -OCH3 is 1. The van der Waals surface area contributed by atoms with Gasteiger partial charge in [-0.25, -0.2) is 4.98 Å². The van der Waals surface area contributed by atoms with Crippen LogP contribution in [0.1, 0.15) is 16.1 Å². The summed E-state index contributed by atoms with van der Waals surface area (Å²) in [6.07, 6.45) is 2.31. The molecule has 3 rings (SSSR count). The molecule has 1 aromatic heterocycles. The van der Waals surface area contributed by atoms with Crippen LogP contribution in [0.4, 0.5) is 0 Å². The van der Waals surface area contributed by atoms with E-state index in [-0.39, 0.29) is 11.9 Å².